The fourth-order valence-corrected chi connectivity index (χ4v) is 4.48. The highest BCUT2D eigenvalue weighted by atomic mass is 16.5. The van der Waals surface area contributed by atoms with Gasteiger partial charge in [0.05, 0.1) is 30.0 Å². The van der Waals surface area contributed by atoms with Crippen LogP contribution in [0.4, 0.5) is 0 Å². The number of pyridine rings is 1. The van der Waals surface area contributed by atoms with Crippen molar-refractivity contribution in [1.82, 2.24) is 4.98 Å². The maximum Gasteiger partial charge on any atom is 0.309 e. The number of rotatable bonds is 5. The summed E-state index contributed by atoms with van der Waals surface area (Å²) in [4.78, 5) is 17.0. The first-order chi connectivity index (χ1) is 15.7. The molecule has 1 atom stereocenters. The SMILES string of the molecule is Cc1cc(C)cc(C(=C[C@@]2(O)CCOC(=O)C2)c2ccc(-c3ccccc3)nc2C(C)C)c1. The van der Waals surface area contributed by atoms with Crippen LogP contribution >= 0.6 is 0 Å². The number of aromatic nitrogens is 1. The van der Waals surface area contributed by atoms with Crippen molar-refractivity contribution in [3.05, 3.63) is 94.7 Å². The summed E-state index contributed by atoms with van der Waals surface area (Å²) in [7, 11) is 0. The molecule has 1 aromatic heterocycles. The molecule has 1 N–H and O–H groups in total. The predicted molar refractivity (Wildman–Crippen MR) is 132 cm³/mol. The lowest BCUT2D eigenvalue weighted by molar-refractivity contribution is -0.155. The summed E-state index contributed by atoms with van der Waals surface area (Å²) >= 11 is 0. The van der Waals surface area contributed by atoms with E-state index in [0.29, 0.717) is 6.42 Å². The van der Waals surface area contributed by atoms with E-state index in [2.05, 4.69) is 64.1 Å². The molecule has 0 aliphatic carbocycles. The number of esters is 1. The average Bonchev–Trinajstić information content (AvgIpc) is 2.77. The number of hydrogen-bond donors (Lipinski definition) is 1. The normalized spacial score (nSPS) is 19.0. The highest BCUT2D eigenvalue weighted by Gasteiger charge is 2.34. The topological polar surface area (TPSA) is 59.4 Å². The summed E-state index contributed by atoms with van der Waals surface area (Å²) in [5.41, 5.74) is 6.86. The van der Waals surface area contributed by atoms with E-state index in [1.54, 1.807) is 0 Å². The molecule has 4 nitrogen and oxygen atoms in total. The molecule has 1 fully saturated rings. The minimum atomic E-state index is -1.26. The highest BCUT2D eigenvalue weighted by Crippen LogP contribution is 2.36. The molecule has 4 heteroatoms. The third-order valence-corrected chi connectivity index (χ3v) is 6.03. The van der Waals surface area contributed by atoms with Crippen molar-refractivity contribution in [3.8, 4) is 11.3 Å². The number of cyclic esters (lactones) is 1. The summed E-state index contributed by atoms with van der Waals surface area (Å²) in [6, 6.07) is 20.7. The summed E-state index contributed by atoms with van der Waals surface area (Å²) in [6.45, 7) is 8.62. The standard InChI is InChI=1S/C29H31NO3/c1-19(2)28-24(10-11-26(30-28)22-8-6-5-7-9-22)25(23-15-20(3)14-21(4)16-23)17-29(32)12-13-33-27(31)18-29/h5-11,14-17,19,32H,12-13,18H2,1-4H3/t29-/m0/s1. The van der Waals surface area contributed by atoms with Gasteiger partial charge in [0.2, 0.25) is 0 Å². The zero-order chi connectivity index (χ0) is 23.6. The number of aliphatic hydroxyl groups is 1. The molecule has 3 aromatic rings. The first-order valence-electron chi connectivity index (χ1n) is 11.5. The van der Waals surface area contributed by atoms with Gasteiger partial charge < -0.3 is 9.84 Å². The van der Waals surface area contributed by atoms with Gasteiger partial charge in [0, 0.05) is 17.5 Å². The van der Waals surface area contributed by atoms with E-state index in [0.717, 1.165) is 44.8 Å². The van der Waals surface area contributed by atoms with Crippen molar-refractivity contribution in [3.63, 3.8) is 0 Å². The maximum absolute atomic E-state index is 12.0. The van der Waals surface area contributed by atoms with Crippen molar-refractivity contribution in [1.29, 1.82) is 0 Å². The highest BCUT2D eigenvalue weighted by molar-refractivity contribution is 5.84. The Morgan fingerprint density at radius 3 is 2.39 bits per heavy atom. The lowest BCUT2D eigenvalue weighted by Gasteiger charge is -2.30. The minimum absolute atomic E-state index is 0.0478. The fourth-order valence-electron chi connectivity index (χ4n) is 4.48. The molecule has 2 heterocycles. The Balaban J connectivity index is 1.92. The third kappa shape index (κ3) is 5.23. The number of benzene rings is 2. The van der Waals surface area contributed by atoms with Gasteiger partial charge in [0.25, 0.3) is 0 Å². The summed E-state index contributed by atoms with van der Waals surface area (Å²) in [5, 5.41) is 11.3. The van der Waals surface area contributed by atoms with Gasteiger partial charge in [-0.15, -0.1) is 0 Å². The van der Waals surface area contributed by atoms with Crippen LogP contribution in [-0.4, -0.2) is 28.3 Å². The second kappa shape index (κ2) is 9.32. The number of aryl methyl sites for hydroxylation is 2. The monoisotopic (exact) mass is 441 g/mol. The van der Waals surface area contributed by atoms with Crippen LogP contribution in [0.2, 0.25) is 0 Å². The zero-order valence-corrected chi connectivity index (χ0v) is 19.8. The summed E-state index contributed by atoms with van der Waals surface area (Å²) in [5.74, 6) is -0.203. The van der Waals surface area contributed by atoms with Gasteiger partial charge in [0.1, 0.15) is 0 Å². The zero-order valence-electron chi connectivity index (χ0n) is 19.8. The van der Waals surface area contributed by atoms with Crippen LogP contribution in [0.5, 0.6) is 0 Å². The van der Waals surface area contributed by atoms with Gasteiger partial charge in [-0.25, -0.2) is 0 Å². The molecule has 0 unspecified atom stereocenters. The molecule has 1 saturated heterocycles. The number of hydrogen-bond acceptors (Lipinski definition) is 4. The lowest BCUT2D eigenvalue weighted by Crippen LogP contribution is -2.37. The van der Waals surface area contributed by atoms with Gasteiger partial charge in [-0.1, -0.05) is 79.6 Å². The number of carbonyl (C=O) groups is 1. The van der Waals surface area contributed by atoms with Gasteiger partial charge in [-0.2, -0.15) is 0 Å². The molecule has 170 valence electrons. The largest absolute Gasteiger partial charge is 0.465 e. The Morgan fingerprint density at radius 1 is 1.06 bits per heavy atom. The second-order valence-electron chi connectivity index (χ2n) is 9.34. The van der Waals surface area contributed by atoms with Crippen molar-refractivity contribution < 1.29 is 14.6 Å². The van der Waals surface area contributed by atoms with E-state index >= 15 is 0 Å². The van der Waals surface area contributed by atoms with Crippen LogP contribution in [0.15, 0.2) is 66.7 Å². The van der Waals surface area contributed by atoms with Crippen LogP contribution in [0.3, 0.4) is 0 Å². The van der Waals surface area contributed by atoms with Crippen LogP contribution in [0.1, 0.15) is 60.6 Å². The van der Waals surface area contributed by atoms with Gasteiger partial charge in [-0.3, -0.25) is 9.78 Å². The number of ether oxygens (including phenoxy) is 1. The Kier molecular flexibility index (Phi) is 6.48. The molecule has 1 aliphatic heterocycles. The molecule has 4 rings (SSSR count). The van der Waals surface area contributed by atoms with Gasteiger partial charge >= 0.3 is 5.97 Å². The first kappa shape index (κ1) is 22.9. The molecule has 0 saturated carbocycles. The molecule has 1 aliphatic rings. The second-order valence-corrected chi connectivity index (χ2v) is 9.34. The van der Waals surface area contributed by atoms with E-state index in [9.17, 15) is 9.90 Å². The van der Waals surface area contributed by atoms with E-state index in [1.807, 2.05) is 30.3 Å². The molecule has 0 bridgehead atoms. The van der Waals surface area contributed by atoms with E-state index in [-0.39, 0.29) is 24.9 Å². The molecule has 0 amide bonds. The van der Waals surface area contributed by atoms with Crippen molar-refractivity contribution >= 4 is 11.5 Å². The van der Waals surface area contributed by atoms with Crippen LogP contribution in [0.25, 0.3) is 16.8 Å². The Morgan fingerprint density at radius 2 is 1.76 bits per heavy atom. The van der Waals surface area contributed by atoms with E-state index < -0.39 is 5.60 Å². The number of carbonyl (C=O) groups excluding carboxylic acids is 1. The van der Waals surface area contributed by atoms with Crippen molar-refractivity contribution in [2.45, 2.75) is 52.1 Å². The quantitative estimate of drug-likeness (QED) is 0.494. The maximum atomic E-state index is 12.0. The summed E-state index contributed by atoms with van der Waals surface area (Å²) in [6.07, 6.45) is 2.18. The Hall–Kier alpha value is -3.24. The Labute approximate surface area is 196 Å². The fraction of sp³-hybridized carbons (Fsp3) is 0.310. The first-order valence-corrected chi connectivity index (χ1v) is 11.5. The average molecular weight is 442 g/mol. The molecule has 33 heavy (non-hydrogen) atoms. The lowest BCUT2D eigenvalue weighted by atomic mass is 9.84. The van der Waals surface area contributed by atoms with Crippen LogP contribution in [0, 0.1) is 13.8 Å². The van der Waals surface area contributed by atoms with E-state index in [1.165, 1.54) is 0 Å². The van der Waals surface area contributed by atoms with Crippen molar-refractivity contribution in [2.75, 3.05) is 6.61 Å². The molecule has 0 spiro atoms. The van der Waals surface area contributed by atoms with Gasteiger partial charge in [0.15, 0.2) is 0 Å². The van der Waals surface area contributed by atoms with Crippen molar-refractivity contribution in [2.24, 2.45) is 0 Å². The smallest absolute Gasteiger partial charge is 0.309 e. The van der Waals surface area contributed by atoms with Crippen LogP contribution < -0.4 is 0 Å². The molecule has 0 radical (unpaired) electrons. The number of nitrogens with zero attached hydrogens (tertiary/aromatic N) is 1. The molecular formula is C29H31NO3. The van der Waals surface area contributed by atoms with Gasteiger partial charge in [-0.05, 0) is 43.0 Å². The van der Waals surface area contributed by atoms with Crippen LogP contribution in [-0.2, 0) is 9.53 Å². The minimum Gasteiger partial charge on any atom is -0.465 e. The van der Waals surface area contributed by atoms with E-state index in [4.69, 9.17) is 9.72 Å². The molecule has 2 aromatic carbocycles. The predicted octanol–water partition coefficient (Wildman–Crippen LogP) is 5.99. The summed E-state index contributed by atoms with van der Waals surface area (Å²) < 4.78 is 5.09. The Bertz CT molecular complexity index is 1180. The molecular weight excluding hydrogens is 410 g/mol. The third-order valence-electron chi connectivity index (χ3n) is 6.03.